The van der Waals surface area contributed by atoms with Crippen molar-refractivity contribution in [3.63, 3.8) is 0 Å². The first-order valence-electron chi connectivity index (χ1n) is 8.57. The average Bonchev–Trinajstić information content (AvgIpc) is 3.26. The van der Waals surface area contributed by atoms with Crippen molar-refractivity contribution in [3.8, 4) is 12.3 Å². The molecule has 2 amide bonds. The third-order valence-electron chi connectivity index (χ3n) is 4.34. The van der Waals surface area contributed by atoms with E-state index < -0.39 is 10.0 Å². The van der Waals surface area contributed by atoms with Crippen LogP contribution in [-0.4, -0.2) is 62.8 Å². The smallest absolute Gasteiger partial charge is 0.264 e. The molecule has 1 aromatic carbocycles. The largest absolute Gasteiger partial charge is 0.335 e. The normalized spacial score (nSPS) is 14.5. The van der Waals surface area contributed by atoms with Gasteiger partial charge in [-0.2, -0.15) is 4.72 Å². The summed E-state index contributed by atoms with van der Waals surface area (Å²) < 4.78 is 26.7. The minimum absolute atomic E-state index is 0.0138. The molecule has 0 atom stereocenters. The Labute approximate surface area is 168 Å². The Bertz CT molecular complexity index is 1000. The van der Waals surface area contributed by atoms with Crippen LogP contribution in [0.15, 0.2) is 46.7 Å². The lowest BCUT2D eigenvalue weighted by Gasteiger charge is -2.34. The number of sulfonamides is 1. The SMILES string of the molecule is C#CCNS(=O)(=O)c1cccc(C(=O)N2CCN(C(=O)c3cccs3)CC2)c1. The number of piperazine rings is 1. The molecule has 2 aromatic rings. The molecule has 3 rings (SSSR count). The second kappa shape index (κ2) is 8.56. The number of hydrogen-bond acceptors (Lipinski definition) is 5. The molecule has 9 heteroatoms. The number of benzene rings is 1. The molecule has 1 saturated heterocycles. The second-order valence-corrected chi connectivity index (χ2v) is 8.83. The highest BCUT2D eigenvalue weighted by Gasteiger charge is 2.26. The van der Waals surface area contributed by atoms with Crippen molar-refractivity contribution >= 4 is 33.2 Å². The Morgan fingerprint density at radius 3 is 2.36 bits per heavy atom. The van der Waals surface area contributed by atoms with Gasteiger partial charge in [-0.25, -0.2) is 8.42 Å². The number of carbonyl (C=O) groups excluding carboxylic acids is 2. The van der Waals surface area contributed by atoms with Crippen molar-refractivity contribution in [2.24, 2.45) is 0 Å². The lowest BCUT2D eigenvalue weighted by Crippen LogP contribution is -2.50. The molecular formula is C19H19N3O4S2. The fourth-order valence-electron chi connectivity index (χ4n) is 2.87. The van der Waals surface area contributed by atoms with Crippen molar-refractivity contribution < 1.29 is 18.0 Å². The van der Waals surface area contributed by atoms with E-state index in [9.17, 15) is 18.0 Å². The van der Waals surface area contributed by atoms with Crippen molar-refractivity contribution in [2.45, 2.75) is 4.90 Å². The van der Waals surface area contributed by atoms with Gasteiger partial charge >= 0.3 is 0 Å². The van der Waals surface area contributed by atoms with Gasteiger partial charge in [0.25, 0.3) is 11.8 Å². The molecule has 2 heterocycles. The van der Waals surface area contributed by atoms with Crippen LogP contribution in [0.25, 0.3) is 0 Å². The van der Waals surface area contributed by atoms with E-state index in [2.05, 4.69) is 10.6 Å². The van der Waals surface area contributed by atoms with E-state index in [0.717, 1.165) is 0 Å². The lowest BCUT2D eigenvalue weighted by molar-refractivity contribution is 0.0538. The summed E-state index contributed by atoms with van der Waals surface area (Å²) in [5, 5.41) is 1.85. The maximum absolute atomic E-state index is 12.8. The van der Waals surface area contributed by atoms with Gasteiger partial charge < -0.3 is 9.80 Å². The Balaban J connectivity index is 1.66. The van der Waals surface area contributed by atoms with Crippen LogP contribution < -0.4 is 4.72 Å². The van der Waals surface area contributed by atoms with Crippen LogP contribution in [0.1, 0.15) is 20.0 Å². The Hall–Kier alpha value is -2.67. The van der Waals surface area contributed by atoms with Gasteiger partial charge in [-0.05, 0) is 29.6 Å². The Kier molecular flexibility index (Phi) is 6.14. The zero-order chi connectivity index (χ0) is 20.1. The van der Waals surface area contributed by atoms with Crippen LogP contribution in [0.2, 0.25) is 0 Å². The maximum Gasteiger partial charge on any atom is 0.264 e. The van der Waals surface area contributed by atoms with Gasteiger partial charge in [0.15, 0.2) is 0 Å². The summed E-state index contributed by atoms with van der Waals surface area (Å²) >= 11 is 1.39. The highest BCUT2D eigenvalue weighted by molar-refractivity contribution is 7.89. The number of carbonyl (C=O) groups is 2. The van der Waals surface area contributed by atoms with Gasteiger partial charge in [-0.1, -0.05) is 18.1 Å². The van der Waals surface area contributed by atoms with Gasteiger partial charge in [0, 0.05) is 31.7 Å². The highest BCUT2D eigenvalue weighted by Crippen LogP contribution is 2.17. The van der Waals surface area contributed by atoms with Crippen molar-refractivity contribution in [2.75, 3.05) is 32.7 Å². The predicted octanol–water partition coefficient (Wildman–Crippen LogP) is 1.26. The molecule has 146 valence electrons. The first kappa shape index (κ1) is 20.1. The summed E-state index contributed by atoms with van der Waals surface area (Å²) in [6.45, 7) is 1.53. The van der Waals surface area contributed by atoms with Gasteiger partial charge in [-0.15, -0.1) is 17.8 Å². The van der Waals surface area contributed by atoms with E-state index >= 15 is 0 Å². The minimum atomic E-state index is -3.77. The molecule has 1 aromatic heterocycles. The van der Waals surface area contributed by atoms with Gasteiger partial charge in [0.1, 0.15) is 0 Å². The molecule has 1 N–H and O–H groups in total. The molecule has 0 saturated carbocycles. The van der Waals surface area contributed by atoms with E-state index in [0.29, 0.717) is 31.1 Å². The molecule has 1 aliphatic heterocycles. The van der Waals surface area contributed by atoms with Gasteiger partial charge in [-0.3, -0.25) is 9.59 Å². The summed E-state index contributed by atoms with van der Waals surface area (Å²) in [5.41, 5.74) is 0.279. The molecule has 0 aliphatic carbocycles. The fourth-order valence-corrected chi connectivity index (χ4v) is 4.54. The van der Waals surface area contributed by atoms with Crippen molar-refractivity contribution in [1.29, 1.82) is 0 Å². The maximum atomic E-state index is 12.8. The molecular weight excluding hydrogens is 398 g/mol. The fraction of sp³-hybridized carbons (Fsp3) is 0.263. The number of terminal acetylenes is 1. The standard InChI is InChI=1S/C19H19N3O4S2/c1-2-8-20-28(25,26)16-6-3-5-15(14-16)18(23)21-9-11-22(12-10-21)19(24)17-7-4-13-27-17/h1,3-7,13-14,20H,8-12H2. The summed E-state index contributed by atoms with van der Waals surface area (Å²) in [5.74, 6) is 1.91. The van der Waals surface area contributed by atoms with E-state index in [1.54, 1.807) is 21.9 Å². The summed E-state index contributed by atoms with van der Waals surface area (Å²) in [4.78, 5) is 29.2. The summed E-state index contributed by atoms with van der Waals surface area (Å²) in [6.07, 6.45) is 5.09. The van der Waals surface area contributed by atoms with Gasteiger partial charge in [0.2, 0.25) is 10.0 Å². The van der Waals surface area contributed by atoms with Crippen LogP contribution in [-0.2, 0) is 10.0 Å². The van der Waals surface area contributed by atoms with E-state index in [4.69, 9.17) is 6.42 Å². The van der Waals surface area contributed by atoms with Crippen LogP contribution in [0.4, 0.5) is 0 Å². The zero-order valence-electron chi connectivity index (χ0n) is 15.0. The Morgan fingerprint density at radius 2 is 1.75 bits per heavy atom. The molecule has 28 heavy (non-hydrogen) atoms. The molecule has 0 unspecified atom stereocenters. The quantitative estimate of drug-likeness (QED) is 0.742. The monoisotopic (exact) mass is 417 g/mol. The predicted molar refractivity (Wildman–Crippen MR) is 107 cm³/mol. The topological polar surface area (TPSA) is 86.8 Å². The third-order valence-corrected chi connectivity index (χ3v) is 6.60. The van der Waals surface area contributed by atoms with Crippen LogP contribution in [0, 0.1) is 12.3 Å². The Morgan fingerprint density at radius 1 is 1.07 bits per heavy atom. The first-order chi connectivity index (χ1) is 13.4. The van der Waals surface area contributed by atoms with E-state index in [1.165, 1.54) is 29.5 Å². The molecule has 1 fully saturated rings. The van der Waals surface area contributed by atoms with Crippen molar-refractivity contribution in [1.82, 2.24) is 14.5 Å². The summed E-state index contributed by atoms with van der Waals surface area (Å²) in [6, 6.07) is 9.46. The molecule has 1 aliphatic rings. The molecule has 7 nitrogen and oxygen atoms in total. The van der Waals surface area contributed by atoms with E-state index in [1.807, 2.05) is 11.4 Å². The number of amides is 2. The number of rotatable bonds is 5. The van der Waals surface area contributed by atoms with Crippen molar-refractivity contribution in [3.05, 3.63) is 52.2 Å². The average molecular weight is 418 g/mol. The number of nitrogens with one attached hydrogen (secondary N) is 1. The van der Waals surface area contributed by atoms with Crippen LogP contribution in [0.5, 0.6) is 0 Å². The third kappa shape index (κ3) is 4.42. The van der Waals surface area contributed by atoms with Crippen LogP contribution >= 0.6 is 11.3 Å². The highest BCUT2D eigenvalue weighted by atomic mass is 32.2. The molecule has 0 radical (unpaired) electrons. The van der Waals surface area contributed by atoms with Gasteiger partial charge in [0.05, 0.1) is 16.3 Å². The first-order valence-corrected chi connectivity index (χ1v) is 10.9. The van der Waals surface area contributed by atoms with E-state index in [-0.39, 0.29) is 28.8 Å². The molecule has 0 spiro atoms. The molecule has 0 bridgehead atoms. The summed E-state index contributed by atoms with van der Waals surface area (Å²) in [7, 11) is -3.77. The number of hydrogen-bond donors (Lipinski definition) is 1. The number of thiophene rings is 1. The minimum Gasteiger partial charge on any atom is -0.335 e. The van der Waals surface area contributed by atoms with Crippen LogP contribution in [0.3, 0.4) is 0 Å². The second-order valence-electron chi connectivity index (χ2n) is 6.12. The zero-order valence-corrected chi connectivity index (χ0v) is 16.6. The lowest BCUT2D eigenvalue weighted by atomic mass is 10.2. The number of nitrogens with zero attached hydrogens (tertiary/aromatic N) is 2.